The minimum absolute atomic E-state index is 0.251. The second kappa shape index (κ2) is 5.82. The molecule has 1 unspecified atom stereocenters. The van der Waals surface area contributed by atoms with Gasteiger partial charge in [0.25, 0.3) is 0 Å². The van der Waals surface area contributed by atoms with Crippen LogP contribution in [0.4, 0.5) is 0 Å². The fourth-order valence-electron chi connectivity index (χ4n) is 1.42. The summed E-state index contributed by atoms with van der Waals surface area (Å²) in [4.78, 5) is 11.1. The standard InChI is InChI=1S/C14H20O2Si/c1-12(15)16-14(10-11-17(2,3)4)13-8-6-5-7-9-13/h5-11,14H,1-4H3/b11-10-. The number of ether oxygens (including phenoxy) is 1. The maximum atomic E-state index is 11.1. The van der Waals surface area contributed by atoms with Crippen LogP contribution in [0.5, 0.6) is 0 Å². The molecule has 0 aliphatic heterocycles. The second-order valence-electron chi connectivity index (χ2n) is 5.17. The molecule has 0 aromatic heterocycles. The Morgan fingerprint density at radius 1 is 1.24 bits per heavy atom. The second-order valence-corrected chi connectivity index (χ2v) is 10.2. The van der Waals surface area contributed by atoms with Crippen LogP contribution in [-0.4, -0.2) is 14.0 Å². The summed E-state index contributed by atoms with van der Waals surface area (Å²) in [6.07, 6.45) is 1.74. The Kier molecular flexibility index (Phi) is 4.69. The third kappa shape index (κ3) is 5.50. The maximum absolute atomic E-state index is 11.1. The number of carbonyl (C=O) groups is 1. The van der Waals surface area contributed by atoms with Gasteiger partial charge in [0, 0.05) is 6.92 Å². The van der Waals surface area contributed by atoms with Crippen LogP contribution in [0.1, 0.15) is 18.6 Å². The smallest absolute Gasteiger partial charge is 0.303 e. The van der Waals surface area contributed by atoms with Crippen molar-refractivity contribution in [2.75, 3.05) is 0 Å². The summed E-state index contributed by atoms with van der Waals surface area (Å²) >= 11 is 0. The number of rotatable bonds is 4. The van der Waals surface area contributed by atoms with Gasteiger partial charge in [0.05, 0.1) is 8.07 Å². The van der Waals surface area contributed by atoms with Crippen molar-refractivity contribution in [1.29, 1.82) is 0 Å². The number of hydrogen-bond acceptors (Lipinski definition) is 2. The molecular weight excluding hydrogens is 228 g/mol. The molecule has 0 aliphatic carbocycles. The van der Waals surface area contributed by atoms with Crippen molar-refractivity contribution in [3.8, 4) is 0 Å². The summed E-state index contributed by atoms with van der Waals surface area (Å²) in [5.41, 5.74) is 3.21. The Labute approximate surface area is 104 Å². The van der Waals surface area contributed by atoms with E-state index in [1.165, 1.54) is 6.92 Å². The minimum atomic E-state index is -1.28. The minimum Gasteiger partial charge on any atom is -0.453 e. The Morgan fingerprint density at radius 3 is 2.29 bits per heavy atom. The van der Waals surface area contributed by atoms with Gasteiger partial charge in [-0.2, -0.15) is 0 Å². The summed E-state index contributed by atoms with van der Waals surface area (Å²) in [5, 5.41) is 0. The zero-order valence-corrected chi connectivity index (χ0v) is 11.9. The molecule has 0 saturated heterocycles. The van der Waals surface area contributed by atoms with E-state index in [9.17, 15) is 4.79 Å². The Bertz CT molecular complexity index is 390. The lowest BCUT2D eigenvalue weighted by molar-refractivity contribution is -0.144. The van der Waals surface area contributed by atoms with Gasteiger partial charge in [-0.1, -0.05) is 55.7 Å². The molecule has 3 heteroatoms. The lowest BCUT2D eigenvalue weighted by atomic mass is 10.1. The van der Waals surface area contributed by atoms with E-state index >= 15 is 0 Å². The first kappa shape index (κ1) is 13.7. The lowest BCUT2D eigenvalue weighted by Crippen LogP contribution is -2.17. The van der Waals surface area contributed by atoms with Crippen LogP contribution in [0.25, 0.3) is 0 Å². The number of hydrogen-bond donors (Lipinski definition) is 0. The molecule has 1 atom stereocenters. The molecule has 0 saturated carbocycles. The first-order chi connectivity index (χ1) is 7.88. The van der Waals surface area contributed by atoms with E-state index < -0.39 is 8.07 Å². The molecule has 1 aromatic rings. The van der Waals surface area contributed by atoms with E-state index in [0.717, 1.165) is 5.56 Å². The average Bonchev–Trinajstić information content (AvgIpc) is 2.24. The van der Waals surface area contributed by atoms with E-state index in [2.05, 4.69) is 25.3 Å². The van der Waals surface area contributed by atoms with E-state index in [4.69, 9.17) is 4.74 Å². The van der Waals surface area contributed by atoms with Gasteiger partial charge in [-0.25, -0.2) is 0 Å². The number of benzene rings is 1. The van der Waals surface area contributed by atoms with Crippen LogP contribution in [0.3, 0.4) is 0 Å². The Morgan fingerprint density at radius 2 is 1.82 bits per heavy atom. The lowest BCUT2D eigenvalue weighted by Gasteiger charge is -2.16. The molecule has 1 rings (SSSR count). The maximum Gasteiger partial charge on any atom is 0.303 e. The van der Waals surface area contributed by atoms with Crippen molar-refractivity contribution < 1.29 is 9.53 Å². The summed E-state index contributed by atoms with van der Waals surface area (Å²) < 4.78 is 5.33. The van der Waals surface area contributed by atoms with Crippen LogP contribution in [0, 0.1) is 0 Å². The molecule has 92 valence electrons. The van der Waals surface area contributed by atoms with Crippen molar-refractivity contribution in [3.05, 3.63) is 47.7 Å². The molecule has 0 spiro atoms. The highest BCUT2D eigenvalue weighted by Gasteiger charge is 2.13. The van der Waals surface area contributed by atoms with Crippen molar-refractivity contribution in [1.82, 2.24) is 0 Å². The van der Waals surface area contributed by atoms with Crippen molar-refractivity contribution in [2.45, 2.75) is 32.7 Å². The fourth-order valence-corrected chi connectivity index (χ4v) is 2.17. The fraction of sp³-hybridized carbons (Fsp3) is 0.357. The van der Waals surface area contributed by atoms with Crippen LogP contribution < -0.4 is 0 Å². The van der Waals surface area contributed by atoms with Crippen LogP contribution in [0.2, 0.25) is 19.6 Å². The largest absolute Gasteiger partial charge is 0.453 e. The molecule has 0 bridgehead atoms. The first-order valence-electron chi connectivity index (χ1n) is 5.80. The summed E-state index contributed by atoms with van der Waals surface area (Å²) in [5.74, 6) is -0.251. The highest BCUT2D eigenvalue weighted by Crippen LogP contribution is 2.20. The molecule has 2 nitrogen and oxygen atoms in total. The molecule has 0 heterocycles. The monoisotopic (exact) mass is 248 g/mol. The third-order valence-corrected chi connectivity index (χ3v) is 3.38. The molecule has 0 aliphatic rings. The van der Waals surface area contributed by atoms with Crippen LogP contribution >= 0.6 is 0 Å². The van der Waals surface area contributed by atoms with E-state index in [-0.39, 0.29) is 12.1 Å². The van der Waals surface area contributed by atoms with E-state index in [0.29, 0.717) is 0 Å². The average molecular weight is 248 g/mol. The normalized spacial score (nSPS) is 13.6. The Balaban J connectivity index is 2.89. The summed E-state index contributed by atoms with van der Waals surface area (Å²) in [6, 6.07) is 9.81. The third-order valence-electron chi connectivity index (χ3n) is 2.19. The van der Waals surface area contributed by atoms with Crippen molar-refractivity contribution in [3.63, 3.8) is 0 Å². The van der Waals surface area contributed by atoms with Gasteiger partial charge in [0.1, 0.15) is 6.10 Å². The van der Waals surface area contributed by atoms with Gasteiger partial charge in [-0.3, -0.25) is 4.79 Å². The van der Waals surface area contributed by atoms with Gasteiger partial charge >= 0.3 is 5.97 Å². The SMILES string of the molecule is CC(=O)OC(/C=C\[Si](C)(C)C)c1ccccc1. The molecule has 1 aromatic carbocycles. The predicted molar refractivity (Wildman–Crippen MR) is 73.4 cm³/mol. The molecule has 0 radical (unpaired) electrons. The van der Waals surface area contributed by atoms with Gasteiger partial charge in [-0.05, 0) is 11.6 Å². The zero-order valence-electron chi connectivity index (χ0n) is 10.9. The first-order valence-corrected chi connectivity index (χ1v) is 9.38. The van der Waals surface area contributed by atoms with Crippen molar-refractivity contribution >= 4 is 14.0 Å². The highest BCUT2D eigenvalue weighted by molar-refractivity contribution is 6.80. The summed E-state index contributed by atoms with van der Waals surface area (Å²) in [7, 11) is -1.28. The molecule has 0 fully saturated rings. The highest BCUT2D eigenvalue weighted by atomic mass is 28.3. The van der Waals surface area contributed by atoms with E-state index in [1.807, 2.05) is 36.4 Å². The molecule has 0 amide bonds. The summed E-state index contributed by atoms with van der Waals surface area (Å²) in [6.45, 7) is 8.19. The number of carbonyl (C=O) groups excluding carboxylic acids is 1. The molecule has 0 N–H and O–H groups in total. The van der Waals surface area contributed by atoms with E-state index in [1.54, 1.807) is 0 Å². The van der Waals surface area contributed by atoms with Gasteiger partial charge in [0.15, 0.2) is 0 Å². The Hall–Kier alpha value is -1.35. The number of esters is 1. The quantitative estimate of drug-likeness (QED) is 0.599. The van der Waals surface area contributed by atoms with Gasteiger partial charge < -0.3 is 4.74 Å². The van der Waals surface area contributed by atoms with Crippen molar-refractivity contribution in [2.24, 2.45) is 0 Å². The van der Waals surface area contributed by atoms with Crippen LogP contribution in [0.15, 0.2) is 42.1 Å². The molecular formula is C14H20O2Si. The zero-order chi connectivity index (χ0) is 12.9. The predicted octanol–water partition coefficient (Wildman–Crippen LogP) is 3.72. The van der Waals surface area contributed by atoms with Gasteiger partial charge in [-0.15, -0.1) is 0 Å². The topological polar surface area (TPSA) is 26.3 Å². The van der Waals surface area contributed by atoms with Crippen LogP contribution in [-0.2, 0) is 9.53 Å². The van der Waals surface area contributed by atoms with Gasteiger partial charge in [0.2, 0.25) is 0 Å². The molecule has 17 heavy (non-hydrogen) atoms.